The van der Waals surface area contributed by atoms with E-state index >= 15 is 0 Å². The maximum Gasteiger partial charge on any atom is 0.243 e. The van der Waals surface area contributed by atoms with Gasteiger partial charge in [0.15, 0.2) is 11.5 Å². The number of fused-ring (bicyclic) bond motifs is 1. The molecule has 0 spiro atoms. The van der Waals surface area contributed by atoms with Crippen molar-refractivity contribution < 1.29 is 8.42 Å². The maximum atomic E-state index is 12.9. The molecule has 0 atom stereocenters. The summed E-state index contributed by atoms with van der Waals surface area (Å²) in [4.78, 5) is 11.3. The van der Waals surface area contributed by atoms with Gasteiger partial charge in [0.1, 0.15) is 0 Å². The van der Waals surface area contributed by atoms with E-state index < -0.39 is 10.0 Å². The Morgan fingerprint density at radius 1 is 1.03 bits per heavy atom. The average molecular weight is 439 g/mol. The fourth-order valence-corrected chi connectivity index (χ4v) is 5.06. The van der Waals surface area contributed by atoms with Crippen LogP contribution in [0, 0.1) is 0 Å². The Balaban J connectivity index is 1.39. The minimum Gasteiger partial charge on any atom is -0.337 e. The highest BCUT2D eigenvalue weighted by atomic mass is 32.2. The second kappa shape index (κ2) is 7.76. The van der Waals surface area contributed by atoms with Crippen molar-refractivity contribution in [1.29, 1.82) is 0 Å². The number of piperazine rings is 1. The maximum absolute atomic E-state index is 12.9. The van der Waals surface area contributed by atoms with Crippen molar-refractivity contribution >= 4 is 27.2 Å². The molecule has 1 aliphatic rings. The normalized spacial score (nSPS) is 16.0. The third-order valence-electron chi connectivity index (χ3n) is 5.44. The van der Waals surface area contributed by atoms with E-state index in [0.29, 0.717) is 24.6 Å². The van der Waals surface area contributed by atoms with Gasteiger partial charge in [-0.05, 0) is 31.3 Å². The Kier molecular flexibility index (Phi) is 4.93. The Labute approximate surface area is 179 Å². The topological polar surface area (TPSA) is 112 Å². The van der Waals surface area contributed by atoms with Crippen LogP contribution in [0.1, 0.15) is 0 Å². The van der Waals surface area contributed by atoms with Gasteiger partial charge in [0.25, 0.3) is 0 Å². The number of benzene rings is 1. The molecule has 5 rings (SSSR count). The number of nitrogens with one attached hydrogen (secondary N) is 2. The number of anilines is 2. The molecule has 31 heavy (non-hydrogen) atoms. The SMILES string of the molecule is CN1CCN(S(=O)(=O)c2ccc(Nc3ncc(-c4cn[nH]c4)n4ccnc34)cc2)CC1. The molecule has 1 saturated heterocycles. The minimum absolute atomic E-state index is 0.289. The molecule has 0 unspecified atom stereocenters. The predicted octanol–water partition coefficient (Wildman–Crippen LogP) is 1.80. The lowest BCUT2D eigenvalue weighted by Gasteiger charge is -2.31. The van der Waals surface area contributed by atoms with Crippen molar-refractivity contribution in [2.24, 2.45) is 0 Å². The molecule has 4 aromatic rings. The number of hydrogen-bond donors (Lipinski definition) is 2. The van der Waals surface area contributed by atoms with Crippen molar-refractivity contribution in [2.75, 3.05) is 38.5 Å². The largest absolute Gasteiger partial charge is 0.337 e. The Hall–Kier alpha value is -3.28. The Bertz CT molecular complexity index is 1290. The number of rotatable bonds is 5. The van der Waals surface area contributed by atoms with E-state index in [0.717, 1.165) is 30.0 Å². The van der Waals surface area contributed by atoms with Gasteiger partial charge in [0.05, 0.1) is 23.0 Å². The number of likely N-dealkylation sites (N-methyl/N-ethyl adjacent to an activating group) is 1. The highest BCUT2D eigenvalue weighted by Crippen LogP contribution is 2.26. The summed E-state index contributed by atoms with van der Waals surface area (Å²) < 4.78 is 29.3. The summed E-state index contributed by atoms with van der Waals surface area (Å²) in [6.07, 6.45) is 8.83. The van der Waals surface area contributed by atoms with E-state index in [1.54, 1.807) is 53.4 Å². The van der Waals surface area contributed by atoms with Crippen LogP contribution in [0.3, 0.4) is 0 Å². The van der Waals surface area contributed by atoms with Gasteiger partial charge in [-0.2, -0.15) is 9.40 Å². The van der Waals surface area contributed by atoms with Crippen molar-refractivity contribution in [1.82, 2.24) is 33.8 Å². The lowest BCUT2D eigenvalue weighted by molar-refractivity contribution is 0.222. The first-order valence-corrected chi connectivity index (χ1v) is 11.3. The van der Waals surface area contributed by atoms with Crippen molar-refractivity contribution in [3.05, 3.63) is 55.2 Å². The minimum atomic E-state index is -3.49. The molecule has 4 heterocycles. The summed E-state index contributed by atoms with van der Waals surface area (Å²) in [5, 5.41) is 10.0. The molecular formula is C20H22N8O2S. The summed E-state index contributed by atoms with van der Waals surface area (Å²) in [5.41, 5.74) is 3.15. The quantitative estimate of drug-likeness (QED) is 0.489. The van der Waals surface area contributed by atoms with Crippen LogP contribution in [0.5, 0.6) is 0 Å². The zero-order chi connectivity index (χ0) is 21.4. The molecule has 0 bridgehead atoms. The van der Waals surface area contributed by atoms with Crippen LogP contribution in [-0.2, 0) is 10.0 Å². The Morgan fingerprint density at radius 2 is 1.81 bits per heavy atom. The third kappa shape index (κ3) is 3.67. The van der Waals surface area contributed by atoms with Gasteiger partial charge in [0, 0.05) is 56.0 Å². The fourth-order valence-electron chi connectivity index (χ4n) is 3.64. The predicted molar refractivity (Wildman–Crippen MR) is 117 cm³/mol. The van der Waals surface area contributed by atoms with Gasteiger partial charge >= 0.3 is 0 Å². The molecule has 2 N–H and O–H groups in total. The van der Waals surface area contributed by atoms with Crippen molar-refractivity contribution in [2.45, 2.75) is 4.90 Å². The molecule has 0 amide bonds. The van der Waals surface area contributed by atoms with Gasteiger partial charge in [-0.1, -0.05) is 0 Å². The van der Waals surface area contributed by atoms with E-state index in [-0.39, 0.29) is 4.90 Å². The molecule has 1 aliphatic heterocycles. The lowest BCUT2D eigenvalue weighted by atomic mass is 10.2. The number of aromatic nitrogens is 5. The average Bonchev–Trinajstić information content (AvgIpc) is 3.47. The van der Waals surface area contributed by atoms with Gasteiger partial charge in [-0.15, -0.1) is 0 Å². The monoisotopic (exact) mass is 438 g/mol. The van der Waals surface area contributed by atoms with Crippen molar-refractivity contribution in [3.63, 3.8) is 0 Å². The van der Waals surface area contributed by atoms with Crippen molar-refractivity contribution in [3.8, 4) is 11.3 Å². The second-order valence-corrected chi connectivity index (χ2v) is 9.39. The number of H-pyrrole nitrogens is 1. The Morgan fingerprint density at radius 3 is 2.52 bits per heavy atom. The highest BCUT2D eigenvalue weighted by molar-refractivity contribution is 7.89. The molecule has 160 valence electrons. The molecule has 1 fully saturated rings. The van der Waals surface area contributed by atoms with E-state index in [9.17, 15) is 8.42 Å². The number of nitrogens with zero attached hydrogens (tertiary/aromatic N) is 6. The molecule has 0 saturated carbocycles. The van der Waals surface area contributed by atoms with Crippen LogP contribution in [0.4, 0.5) is 11.5 Å². The van der Waals surface area contributed by atoms with Crippen LogP contribution in [0.15, 0.2) is 60.1 Å². The zero-order valence-corrected chi connectivity index (χ0v) is 17.7. The van der Waals surface area contributed by atoms with Crippen LogP contribution in [-0.4, -0.2) is 75.4 Å². The molecule has 3 aromatic heterocycles. The van der Waals surface area contributed by atoms with Crippen LogP contribution in [0.2, 0.25) is 0 Å². The van der Waals surface area contributed by atoms with Crippen LogP contribution in [0.25, 0.3) is 16.9 Å². The number of hydrogen-bond acceptors (Lipinski definition) is 7. The molecule has 1 aromatic carbocycles. The molecule has 0 radical (unpaired) electrons. The number of imidazole rings is 1. The summed E-state index contributed by atoms with van der Waals surface area (Å²) in [6.45, 7) is 2.48. The van der Waals surface area contributed by atoms with Crippen LogP contribution < -0.4 is 5.32 Å². The van der Waals surface area contributed by atoms with Gasteiger partial charge < -0.3 is 10.2 Å². The molecule has 10 nitrogen and oxygen atoms in total. The van der Waals surface area contributed by atoms with E-state index in [1.165, 1.54) is 0 Å². The second-order valence-electron chi connectivity index (χ2n) is 7.46. The van der Waals surface area contributed by atoms with Gasteiger partial charge in [0.2, 0.25) is 10.0 Å². The van der Waals surface area contributed by atoms with Crippen LogP contribution >= 0.6 is 0 Å². The molecule has 0 aliphatic carbocycles. The van der Waals surface area contributed by atoms with Gasteiger partial charge in [-0.25, -0.2) is 18.4 Å². The lowest BCUT2D eigenvalue weighted by Crippen LogP contribution is -2.46. The van der Waals surface area contributed by atoms with E-state index in [2.05, 4.69) is 30.4 Å². The zero-order valence-electron chi connectivity index (χ0n) is 16.9. The summed E-state index contributed by atoms with van der Waals surface area (Å²) in [5.74, 6) is 0.576. The highest BCUT2D eigenvalue weighted by Gasteiger charge is 2.27. The standard InChI is InChI=1S/C20H22N8O2S/c1-26-8-10-27(11-9-26)31(29,30)17-4-2-16(3-5-17)25-19-20-21-6-7-28(20)18(14-22-19)15-12-23-24-13-15/h2-7,12-14H,8-11H2,1H3,(H,22,25)(H,23,24). The first kappa shape index (κ1) is 19.7. The van der Waals surface area contributed by atoms with E-state index in [1.807, 2.05) is 17.6 Å². The molecular weight excluding hydrogens is 416 g/mol. The summed E-state index contributed by atoms with van der Waals surface area (Å²) in [7, 11) is -1.50. The summed E-state index contributed by atoms with van der Waals surface area (Å²) >= 11 is 0. The van der Waals surface area contributed by atoms with E-state index in [4.69, 9.17) is 0 Å². The molecule has 11 heteroatoms. The number of sulfonamides is 1. The summed E-state index contributed by atoms with van der Waals surface area (Å²) in [6, 6.07) is 6.74. The first-order chi connectivity index (χ1) is 15.0. The smallest absolute Gasteiger partial charge is 0.243 e. The van der Waals surface area contributed by atoms with Gasteiger partial charge in [-0.3, -0.25) is 9.50 Å². The fraction of sp³-hybridized carbons (Fsp3) is 0.250. The third-order valence-corrected chi connectivity index (χ3v) is 7.35. The number of aromatic amines is 1. The first-order valence-electron chi connectivity index (χ1n) is 9.89.